The highest BCUT2D eigenvalue weighted by Crippen LogP contribution is 2.27. The molecule has 2 heterocycles. The lowest BCUT2D eigenvalue weighted by atomic mass is 10.00. The van der Waals surface area contributed by atoms with E-state index in [1.54, 1.807) is 6.20 Å². The van der Waals surface area contributed by atoms with Gasteiger partial charge in [-0.1, -0.05) is 12.1 Å². The van der Waals surface area contributed by atoms with Crippen LogP contribution < -0.4 is 5.73 Å². The number of pyridine rings is 2. The van der Waals surface area contributed by atoms with Crippen molar-refractivity contribution in [1.82, 2.24) is 9.97 Å². The number of anilines is 1. The van der Waals surface area contributed by atoms with E-state index in [2.05, 4.69) is 9.97 Å². The Morgan fingerprint density at radius 3 is 2.80 bits per heavy atom. The maximum atomic E-state index is 11.3. The zero-order chi connectivity index (χ0) is 14.1. The van der Waals surface area contributed by atoms with Crippen LogP contribution in [0.25, 0.3) is 22.0 Å². The van der Waals surface area contributed by atoms with Crippen molar-refractivity contribution in [3.63, 3.8) is 0 Å². The molecular formula is C15H11N3O2. The normalized spacial score (nSPS) is 10.6. The standard InChI is InChI=1S/C15H11N3O2/c16-14-7-11(15(19)20)12(8-18-14)9-3-4-13-10(6-9)2-1-5-17-13/h1-8H,(H2,16,18)(H,19,20). The van der Waals surface area contributed by atoms with Gasteiger partial charge in [0.2, 0.25) is 0 Å². The fourth-order valence-electron chi connectivity index (χ4n) is 2.12. The molecule has 20 heavy (non-hydrogen) atoms. The van der Waals surface area contributed by atoms with Crippen molar-refractivity contribution >= 4 is 22.7 Å². The van der Waals surface area contributed by atoms with E-state index in [1.165, 1.54) is 12.3 Å². The predicted molar refractivity (Wildman–Crippen MR) is 76.3 cm³/mol. The first kappa shape index (κ1) is 12.1. The quantitative estimate of drug-likeness (QED) is 0.743. The number of carbonyl (C=O) groups is 1. The predicted octanol–water partition coefficient (Wildman–Crippen LogP) is 2.58. The van der Waals surface area contributed by atoms with E-state index in [1.807, 2.05) is 30.3 Å². The van der Waals surface area contributed by atoms with Crippen molar-refractivity contribution in [1.29, 1.82) is 0 Å². The second-order valence-corrected chi connectivity index (χ2v) is 4.37. The molecule has 0 aliphatic carbocycles. The van der Waals surface area contributed by atoms with Crippen LogP contribution in [-0.4, -0.2) is 21.0 Å². The van der Waals surface area contributed by atoms with Crippen molar-refractivity contribution in [2.45, 2.75) is 0 Å². The van der Waals surface area contributed by atoms with Gasteiger partial charge >= 0.3 is 5.97 Å². The molecule has 0 amide bonds. The molecule has 0 unspecified atom stereocenters. The van der Waals surface area contributed by atoms with Gasteiger partial charge in [-0.3, -0.25) is 4.98 Å². The van der Waals surface area contributed by atoms with Crippen molar-refractivity contribution in [2.75, 3.05) is 5.73 Å². The minimum absolute atomic E-state index is 0.140. The Balaban J connectivity index is 2.22. The number of hydrogen-bond acceptors (Lipinski definition) is 4. The molecule has 3 aromatic rings. The highest BCUT2D eigenvalue weighted by Gasteiger charge is 2.13. The van der Waals surface area contributed by atoms with Crippen molar-refractivity contribution in [3.05, 3.63) is 54.4 Å². The third kappa shape index (κ3) is 2.05. The Kier molecular flexibility index (Phi) is 2.80. The van der Waals surface area contributed by atoms with E-state index in [4.69, 9.17) is 5.73 Å². The zero-order valence-electron chi connectivity index (χ0n) is 10.4. The maximum absolute atomic E-state index is 11.3. The first-order chi connectivity index (χ1) is 9.65. The van der Waals surface area contributed by atoms with Gasteiger partial charge in [0.05, 0.1) is 11.1 Å². The number of nitrogen functional groups attached to an aromatic ring is 1. The van der Waals surface area contributed by atoms with E-state index >= 15 is 0 Å². The second-order valence-electron chi connectivity index (χ2n) is 4.37. The van der Waals surface area contributed by atoms with Crippen LogP contribution in [-0.2, 0) is 0 Å². The van der Waals surface area contributed by atoms with Gasteiger partial charge in [-0.25, -0.2) is 9.78 Å². The summed E-state index contributed by atoms with van der Waals surface area (Å²) in [7, 11) is 0. The van der Waals surface area contributed by atoms with Gasteiger partial charge in [0, 0.05) is 23.3 Å². The third-order valence-corrected chi connectivity index (χ3v) is 3.07. The molecule has 0 spiro atoms. The average Bonchev–Trinajstić information content (AvgIpc) is 2.46. The lowest BCUT2D eigenvalue weighted by molar-refractivity contribution is 0.0697. The fraction of sp³-hybridized carbons (Fsp3) is 0. The number of carboxylic acids is 1. The fourth-order valence-corrected chi connectivity index (χ4v) is 2.12. The summed E-state index contributed by atoms with van der Waals surface area (Å²) in [5.74, 6) is -0.839. The van der Waals surface area contributed by atoms with Crippen LogP contribution in [0, 0.1) is 0 Å². The summed E-state index contributed by atoms with van der Waals surface area (Å²) in [6, 6.07) is 10.7. The Bertz CT molecular complexity index is 815. The molecule has 2 aromatic heterocycles. The number of nitrogens with zero attached hydrogens (tertiary/aromatic N) is 2. The van der Waals surface area contributed by atoms with Gasteiger partial charge in [-0.15, -0.1) is 0 Å². The first-order valence-corrected chi connectivity index (χ1v) is 5.99. The van der Waals surface area contributed by atoms with E-state index in [0.717, 1.165) is 16.5 Å². The van der Waals surface area contributed by atoms with Crippen LogP contribution in [0.4, 0.5) is 5.82 Å². The third-order valence-electron chi connectivity index (χ3n) is 3.07. The van der Waals surface area contributed by atoms with E-state index in [0.29, 0.717) is 5.56 Å². The molecule has 0 fully saturated rings. The largest absolute Gasteiger partial charge is 0.478 e. The number of fused-ring (bicyclic) bond motifs is 1. The second kappa shape index (κ2) is 4.62. The molecule has 1 aromatic carbocycles. The number of benzene rings is 1. The molecule has 98 valence electrons. The van der Waals surface area contributed by atoms with Crippen LogP contribution in [0.15, 0.2) is 48.8 Å². The van der Waals surface area contributed by atoms with Gasteiger partial charge < -0.3 is 10.8 Å². The van der Waals surface area contributed by atoms with E-state index in [9.17, 15) is 9.90 Å². The Morgan fingerprint density at radius 2 is 2.00 bits per heavy atom. The minimum atomic E-state index is -1.03. The van der Waals surface area contributed by atoms with Crippen LogP contribution in [0.1, 0.15) is 10.4 Å². The smallest absolute Gasteiger partial charge is 0.336 e. The van der Waals surface area contributed by atoms with E-state index in [-0.39, 0.29) is 11.4 Å². The summed E-state index contributed by atoms with van der Waals surface area (Å²) in [5, 5.41) is 10.2. The van der Waals surface area contributed by atoms with Crippen LogP contribution >= 0.6 is 0 Å². The molecule has 3 rings (SSSR count). The van der Waals surface area contributed by atoms with Crippen LogP contribution in [0.5, 0.6) is 0 Å². The number of hydrogen-bond donors (Lipinski definition) is 2. The van der Waals surface area contributed by atoms with E-state index < -0.39 is 5.97 Å². The Labute approximate surface area is 114 Å². The van der Waals surface area contributed by atoms with Gasteiger partial charge in [-0.05, 0) is 29.8 Å². The van der Waals surface area contributed by atoms with Crippen molar-refractivity contribution in [2.24, 2.45) is 0 Å². The van der Waals surface area contributed by atoms with Gasteiger partial charge in [-0.2, -0.15) is 0 Å². The van der Waals surface area contributed by atoms with Gasteiger partial charge in [0.25, 0.3) is 0 Å². The highest BCUT2D eigenvalue weighted by molar-refractivity contribution is 5.97. The summed E-state index contributed by atoms with van der Waals surface area (Å²) in [6.07, 6.45) is 3.20. The lowest BCUT2D eigenvalue weighted by Gasteiger charge is -2.07. The SMILES string of the molecule is Nc1cc(C(=O)O)c(-c2ccc3ncccc3c2)cn1. The van der Waals surface area contributed by atoms with Crippen LogP contribution in [0.3, 0.4) is 0 Å². The number of carboxylic acid groups (broad SMARTS) is 1. The molecule has 0 saturated carbocycles. The highest BCUT2D eigenvalue weighted by atomic mass is 16.4. The molecule has 5 heteroatoms. The Morgan fingerprint density at radius 1 is 1.15 bits per heavy atom. The van der Waals surface area contributed by atoms with Crippen molar-refractivity contribution in [3.8, 4) is 11.1 Å². The molecule has 0 aliphatic heterocycles. The molecule has 0 bridgehead atoms. The maximum Gasteiger partial charge on any atom is 0.336 e. The molecule has 0 saturated heterocycles. The summed E-state index contributed by atoms with van der Waals surface area (Å²) in [4.78, 5) is 19.5. The zero-order valence-corrected chi connectivity index (χ0v) is 10.4. The Hall–Kier alpha value is -2.95. The topological polar surface area (TPSA) is 89.1 Å². The number of nitrogens with two attached hydrogens (primary N) is 1. The van der Waals surface area contributed by atoms with Crippen LogP contribution in [0.2, 0.25) is 0 Å². The van der Waals surface area contributed by atoms with Gasteiger partial charge in [0.15, 0.2) is 0 Å². The minimum Gasteiger partial charge on any atom is -0.478 e. The monoisotopic (exact) mass is 265 g/mol. The van der Waals surface area contributed by atoms with Crippen molar-refractivity contribution < 1.29 is 9.90 Å². The summed E-state index contributed by atoms with van der Waals surface area (Å²) < 4.78 is 0. The summed E-state index contributed by atoms with van der Waals surface area (Å²) >= 11 is 0. The number of aromatic carboxylic acids is 1. The molecule has 3 N–H and O–H groups in total. The average molecular weight is 265 g/mol. The molecular weight excluding hydrogens is 254 g/mol. The van der Waals surface area contributed by atoms with Gasteiger partial charge in [0.1, 0.15) is 5.82 Å². The molecule has 0 radical (unpaired) electrons. The molecule has 0 aliphatic rings. The lowest BCUT2D eigenvalue weighted by Crippen LogP contribution is -2.02. The number of aromatic nitrogens is 2. The summed E-state index contributed by atoms with van der Waals surface area (Å²) in [6.45, 7) is 0. The molecule has 5 nitrogen and oxygen atoms in total. The summed E-state index contributed by atoms with van der Waals surface area (Å²) in [5.41, 5.74) is 7.86. The molecule has 0 atom stereocenters. The number of rotatable bonds is 2. The first-order valence-electron chi connectivity index (χ1n) is 5.99.